The van der Waals surface area contributed by atoms with Crippen molar-refractivity contribution >= 4 is 21.4 Å². The van der Waals surface area contributed by atoms with Crippen molar-refractivity contribution in [2.75, 3.05) is 4.72 Å². The summed E-state index contributed by atoms with van der Waals surface area (Å²) in [5.74, 6) is 0.624. The third kappa shape index (κ3) is 4.15. The Bertz CT molecular complexity index is 1630. The van der Waals surface area contributed by atoms with Gasteiger partial charge in [0.05, 0.1) is 10.6 Å². The Hall–Kier alpha value is -4.11. The molecule has 5 aromatic rings. The smallest absolute Gasteiger partial charge is 0.261 e. The van der Waals surface area contributed by atoms with E-state index in [0.717, 1.165) is 48.1 Å². The molecule has 3 aromatic heterocycles. The second-order valence-electron chi connectivity index (χ2n) is 8.57. The van der Waals surface area contributed by atoms with E-state index in [1.807, 2.05) is 48.5 Å². The first-order valence-electron chi connectivity index (χ1n) is 11.4. The summed E-state index contributed by atoms with van der Waals surface area (Å²) >= 11 is 0. The molecule has 6 rings (SSSR count). The van der Waals surface area contributed by atoms with Crippen LogP contribution in [0.5, 0.6) is 0 Å². The molecule has 0 bridgehead atoms. The number of aromatic nitrogens is 5. The van der Waals surface area contributed by atoms with Crippen molar-refractivity contribution in [2.24, 2.45) is 0 Å². The molecule has 2 aromatic carbocycles. The molecule has 1 aliphatic carbocycles. The van der Waals surface area contributed by atoms with E-state index < -0.39 is 10.0 Å². The first kappa shape index (κ1) is 21.4. The van der Waals surface area contributed by atoms with Gasteiger partial charge in [0.15, 0.2) is 11.5 Å². The van der Waals surface area contributed by atoms with Gasteiger partial charge in [-0.3, -0.25) is 9.71 Å². The molecule has 35 heavy (non-hydrogen) atoms. The standard InChI is InChI=1S/C26H22N6O2S/c33-35(34,23-10-7-18-3-1-2-4-21(18)17-23)31-22-8-5-19(6-9-22)24-11-12-25-28-29-26(32(25)30-24)20-13-15-27-16-14-20/h5-17,31H,1-4H2. The van der Waals surface area contributed by atoms with E-state index in [-0.39, 0.29) is 0 Å². The van der Waals surface area contributed by atoms with Crippen LogP contribution in [-0.2, 0) is 22.9 Å². The number of pyridine rings is 1. The quantitative estimate of drug-likeness (QED) is 0.395. The lowest BCUT2D eigenvalue weighted by Crippen LogP contribution is -2.14. The van der Waals surface area contributed by atoms with Gasteiger partial charge < -0.3 is 0 Å². The predicted octanol–water partition coefficient (Wildman–Crippen LogP) is 4.53. The van der Waals surface area contributed by atoms with E-state index in [1.165, 1.54) is 5.56 Å². The van der Waals surface area contributed by atoms with Crippen LogP contribution >= 0.6 is 0 Å². The monoisotopic (exact) mass is 482 g/mol. The van der Waals surface area contributed by atoms with Crippen molar-refractivity contribution in [1.82, 2.24) is 24.8 Å². The molecule has 8 nitrogen and oxygen atoms in total. The number of anilines is 1. The van der Waals surface area contributed by atoms with E-state index in [1.54, 1.807) is 35.1 Å². The average Bonchev–Trinajstić information content (AvgIpc) is 3.32. The molecule has 0 spiro atoms. The number of rotatable bonds is 5. The summed E-state index contributed by atoms with van der Waals surface area (Å²) in [4.78, 5) is 4.34. The van der Waals surface area contributed by atoms with E-state index in [9.17, 15) is 8.42 Å². The van der Waals surface area contributed by atoms with Gasteiger partial charge in [-0.1, -0.05) is 18.2 Å². The van der Waals surface area contributed by atoms with Crippen molar-refractivity contribution in [3.63, 3.8) is 0 Å². The molecular formula is C26H22N6O2S. The lowest BCUT2D eigenvalue weighted by Gasteiger charge is -2.17. The number of hydrogen-bond acceptors (Lipinski definition) is 6. The van der Waals surface area contributed by atoms with Gasteiger partial charge in [0.25, 0.3) is 10.0 Å². The number of aryl methyl sites for hydroxylation is 2. The molecule has 0 fully saturated rings. The second-order valence-corrected chi connectivity index (χ2v) is 10.3. The largest absolute Gasteiger partial charge is 0.280 e. The van der Waals surface area contributed by atoms with E-state index >= 15 is 0 Å². The second kappa shape index (κ2) is 8.59. The molecule has 0 unspecified atom stereocenters. The third-order valence-corrected chi connectivity index (χ3v) is 7.64. The van der Waals surface area contributed by atoms with Crippen LogP contribution in [0.25, 0.3) is 28.3 Å². The highest BCUT2D eigenvalue weighted by molar-refractivity contribution is 7.92. The summed E-state index contributed by atoms with van der Waals surface area (Å²) in [5.41, 5.74) is 5.95. The number of hydrogen-bond donors (Lipinski definition) is 1. The highest BCUT2D eigenvalue weighted by Crippen LogP contribution is 2.27. The number of sulfonamides is 1. The highest BCUT2D eigenvalue weighted by Gasteiger charge is 2.18. The zero-order valence-corrected chi connectivity index (χ0v) is 19.6. The fraction of sp³-hybridized carbons (Fsp3) is 0.154. The Labute approximate surface area is 202 Å². The molecule has 0 amide bonds. The Kier molecular flexibility index (Phi) is 5.26. The lowest BCUT2D eigenvalue weighted by atomic mass is 9.92. The highest BCUT2D eigenvalue weighted by atomic mass is 32.2. The zero-order valence-electron chi connectivity index (χ0n) is 18.8. The molecule has 3 heterocycles. The molecular weight excluding hydrogens is 460 g/mol. The molecule has 174 valence electrons. The summed E-state index contributed by atoms with van der Waals surface area (Å²) < 4.78 is 30.4. The van der Waals surface area contributed by atoms with Crippen LogP contribution in [0.3, 0.4) is 0 Å². The topological polar surface area (TPSA) is 102 Å². The van der Waals surface area contributed by atoms with Gasteiger partial charge >= 0.3 is 0 Å². The maximum atomic E-state index is 13.0. The summed E-state index contributed by atoms with van der Waals surface area (Å²) in [7, 11) is -3.67. The summed E-state index contributed by atoms with van der Waals surface area (Å²) in [6.07, 6.45) is 7.61. The van der Waals surface area contributed by atoms with Crippen LogP contribution in [0.2, 0.25) is 0 Å². The number of benzene rings is 2. The van der Waals surface area contributed by atoms with Gasteiger partial charge in [0.1, 0.15) is 0 Å². The first-order valence-corrected chi connectivity index (χ1v) is 12.9. The molecule has 0 radical (unpaired) electrons. The summed E-state index contributed by atoms with van der Waals surface area (Å²) in [5, 5.41) is 13.2. The normalized spacial score (nSPS) is 13.5. The number of nitrogens with zero attached hydrogens (tertiary/aromatic N) is 5. The minimum Gasteiger partial charge on any atom is -0.280 e. The molecule has 9 heteroatoms. The molecule has 1 aliphatic rings. The van der Waals surface area contributed by atoms with Crippen molar-refractivity contribution < 1.29 is 8.42 Å². The summed E-state index contributed by atoms with van der Waals surface area (Å²) in [6.45, 7) is 0. The summed E-state index contributed by atoms with van der Waals surface area (Å²) in [6, 6.07) is 20.1. The fourth-order valence-corrected chi connectivity index (χ4v) is 5.53. The van der Waals surface area contributed by atoms with Crippen LogP contribution in [0.4, 0.5) is 5.69 Å². The van der Waals surface area contributed by atoms with E-state index in [2.05, 4.69) is 19.9 Å². The maximum absolute atomic E-state index is 13.0. The van der Waals surface area contributed by atoms with Crippen LogP contribution < -0.4 is 4.72 Å². The SMILES string of the molecule is O=S(=O)(Nc1ccc(-c2ccc3nnc(-c4ccncc4)n3n2)cc1)c1ccc2c(c1)CCCC2. The minimum absolute atomic E-state index is 0.297. The molecule has 0 aliphatic heterocycles. The maximum Gasteiger partial charge on any atom is 0.261 e. The molecule has 1 N–H and O–H groups in total. The van der Waals surface area contributed by atoms with Crippen molar-refractivity contribution in [1.29, 1.82) is 0 Å². The third-order valence-electron chi connectivity index (χ3n) is 6.26. The Morgan fingerprint density at radius 2 is 1.54 bits per heavy atom. The fourth-order valence-electron chi connectivity index (χ4n) is 4.42. The Morgan fingerprint density at radius 1 is 0.771 bits per heavy atom. The molecule has 0 atom stereocenters. The minimum atomic E-state index is -3.67. The average molecular weight is 483 g/mol. The van der Waals surface area contributed by atoms with Gasteiger partial charge in [0, 0.05) is 29.2 Å². The Morgan fingerprint density at radius 3 is 2.34 bits per heavy atom. The van der Waals surface area contributed by atoms with Crippen LogP contribution in [0.1, 0.15) is 24.0 Å². The van der Waals surface area contributed by atoms with E-state index in [0.29, 0.717) is 22.1 Å². The number of nitrogens with one attached hydrogen (secondary N) is 1. The van der Waals surface area contributed by atoms with Crippen molar-refractivity contribution in [3.8, 4) is 22.6 Å². The first-order chi connectivity index (χ1) is 17.1. The van der Waals surface area contributed by atoms with E-state index in [4.69, 9.17) is 5.10 Å². The van der Waals surface area contributed by atoms with Crippen LogP contribution in [0.15, 0.2) is 84.0 Å². The van der Waals surface area contributed by atoms with Crippen molar-refractivity contribution in [2.45, 2.75) is 30.6 Å². The van der Waals surface area contributed by atoms with Gasteiger partial charge in [-0.05, 0) is 85.3 Å². The number of fused-ring (bicyclic) bond motifs is 2. The van der Waals surface area contributed by atoms with Gasteiger partial charge in [-0.2, -0.15) is 9.61 Å². The Balaban J connectivity index is 1.26. The van der Waals surface area contributed by atoms with Crippen molar-refractivity contribution in [3.05, 3.63) is 90.3 Å². The predicted molar refractivity (Wildman–Crippen MR) is 133 cm³/mol. The van der Waals surface area contributed by atoms with Gasteiger partial charge in [-0.15, -0.1) is 10.2 Å². The van der Waals surface area contributed by atoms with Crippen LogP contribution in [0, 0.1) is 0 Å². The van der Waals surface area contributed by atoms with Gasteiger partial charge in [-0.25, -0.2) is 8.42 Å². The zero-order chi connectivity index (χ0) is 23.8. The molecule has 0 saturated heterocycles. The molecule has 0 saturated carbocycles. The van der Waals surface area contributed by atoms with Gasteiger partial charge in [0.2, 0.25) is 0 Å². The van der Waals surface area contributed by atoms with Crippen LogP contribution in [-0.4, -0.2) is 33.2 Å². The lowest BCUT2D eigenvalue weighted by molar-refractivity contribution is 0.600.